The van der Waals surface area contributed by atoms with E-state index in [9.17, 15) is 9.18 Å². The van der Waals surface area contributed by atoms with Gasteiger partial charge in [0.1, 0.15) is 5.82 Å². The zero-order valence-corrected chi connectivity index (χ0v) is 14.9. The van der Waals surface area contributed by atoms with Crippen LogP contribution >= 0.6 is 11.3 Å². The molecule has 1 saturated heterocycles. The first kappa shape index (κ1) is 16.9. The number of amides is 1. The number of hydrogen-bond donors (Lipinski definition) is 1. The Morgan fingerprint density at radius 1 is 1.19 bits per heavy atom. The summed E-state index contributed by atoms with van der Waals surface area (Å²) in [7, 11) is 0. The number of hydrogen-bond acceptors (Lipinski definition) is 5. The van der Waals surface area contributed by atoms with Crippen LogP contribution in [0, 0.1) is 5.82 Å². The summed E-state index contributed by atoms with van der Waals surface area (Å²) in [6.45, 7) is 3.47. The first-order chi connectivity index (χ1) is 12.7. The smallest absolute Gasteiger partial charge is 0.251 e. The lowest BCUT2D eigenvalue weighted by atomic mass is 10.2. The number of nitrogens with one attached hydrogen (secondary N) is 1. The second-order valence-electron chi connectivity index (χ2n) is 6.09. The van der Waals surface area contributed by atoms with Gasteiger partial charge in [-0.1, -0.05) is 23.5 Å². The number of morpholine rings is 1. The third-order valence-corrected chi connectivity index (χ3v) is 5.37. The molecule has 1 aliphatic rings. The molecule has 26 heavy (non-hydrogen) atoms. The number of halogens is 1. The number of carbonyl (C=O) groups is 1. The van der Waals surface area contributed by atoms with Crippen molar-refractivity contribution in [2.24, 2.45) is 0 Å². The molecule has 0 saturated carbocycles. The second-order valence-corrected chi connectivity index (χ2v) is 7.10. The Hall–Kier alpha value is -2.51. The van der Waals surface area contributed by atoms with Crippen LogP contribution in [0.3, 0.4) is 0 Å². The highest BCUT2D eigenvalue weighted by atomic mass is 32.1. The van der Waals surface area contributed by atoms with Crippen molar-refractivity contribution in [2.75, 3.05) is 31.2 Å². The molecular formula is C19H18FN3O2S. The van der Waals surface area contributed by atoms with Crippen molar-refractivity contribution in [3.63, 3.8) is 0 Å². The number of anilines is 1. The molecule has 2 heterocycles. The lowest BCUT2D eigenvalue weighted by Gasteiger charge is -2.25. The van der Waals surface area contributed by atoms with Gasteiger partial charge in [0.25, 0.3) is 5.91 Å². The van der Waals surface area contributed by atoms with Gasteiger partial charge in [-0.25, -0.2) is 9.37 Å². The van der Waals surface area contributed by atoms with E-state index in [2.05, 4.69) is 15.2 Å². The Balaban J connectivity index is 1.47. The van der Waals surface area contributed by atoms with Crippen molar-refractivity contribution < 1.29 is 13.9 Å². The highest BCUT2D eigenvalue weighted by molar-refractivity contribution is 7.22. The van der Waals surface area contributed by atoms with Gasteiger partial charge in [-0.15, -0.1) is 0 Å². The summed E-state index contributed by atoms with van der Waals surface area (Å²) >= 11 is 1.59. The van der Waals surface area contributed by atoms with Crippen LogP contribution < -0.4 is 10.2 Å². The number of benzene rings is 2. The first-order valence-corrected chi connectivity index (χ1v) is 9.26. The maximum Gasteiger partial charge on any atom is 0.251 e. The lowest BCUT2D eigenvalue weighted by molar-refractivity contribution is 0.0951. The van der Waals surface area contributed by atoms with Crippen LogP contribution in [0.2, 0.25) is 0 Å². The van der Waals surface area contributed by atoms with E-state index >= 15 is 0 Å². The molecule has 134 valence electrons. The monoisotopic (exact) mass is 371 g/mol. The van der Waals surface area contributed by atoms with E-state index in [0.29, 0.717) is 25.3 Å². The summed E-state index contributed by atoms with van der Waals surface area (Å²) in [4.78, 5) is 19.3. The highest BCUT2D eigenvalue weighted by Crippen LogP contribution is 2.30. The molecule has 1 aliphatic heterocycles. The van der Waals surface area contributed by atoms with Gasteiger partial charge in [0, 0.05) is 25.2 Å². The molecule has 3 aromatic rings. The van der Waals surface area contributed by atoms with Crippen LogP contribution in [0.1, 0.15) is 15.9 Å². The van der Waals surface area contributed by atoms with Gasteiger partial charge in [0.15, 0.2) is 5.13 Å². The predicted molar refractivity (Wildman–Crippen MR) is 100 cm³/mol. The van der Waals surface area contributed by atoms with Crippen molar-refractivity contribution >= 4 is 32.6 Å². The molecule has 1 N–H and O–H groups in total. The van der Waals surface area contributed by atoms with Gasteiger partial charge in [0.05, 0.1) is 23.4 Å². The normalized spacial score (nSPS) is 14.6. The predicted octanol–water partition coefficient (Wildman–Crippen LogP) is 3.20. The molecule has 0 aliphatic carbocycles. The maximum absolute atomic E-state index is 12.9. The lowest BCUT2D eigenvalue weighted by Crippen LogP contribution is -2.36. The molecule has 0 spiro atoms. The SMILES string of the molecule is O=C(NCc1ccc(F)cc1)c1ccc2nc(N3CCOCC3)sc2c1. The van der Waals surface area contributed by atoms with Gasteiger partial charge in [0.2, 0.25) is 0 Å². The van der Waals surface area contributed by atoms with E-state index in [4.69, 9.17) is 4.74 Å². The summed E-state index contributed by atoms with van der Waals surface area (Å²) in [6, 6.07) is 11.6. The van der Waals surface area contributed by atoms with Gasteiger partial charge in [-0.05, 0) is 35.9 Å². The topological polar surface area (TPSA) is 54.5 Å². The molecule has 0 atom stereocenters. The number of carbonyl (C=O) groups excluding carboxylic acids is 1. The summed E-state index contributed by atoms with van der Waals surface area (Å²) in [5, 5.41) is 3.83. The minimum Gasteiger partial charge on any atom is -0.378 e. The number of ether oxygens (including phenoxy) is 1. The quantitative estimate of drug-likeness (QED) is 0.765. The third-order valence-electron chi connectivity index (χ3n) is 4.29. The number of rotatable bonds is 4. The van der Waals surface area contributed by atoms with Crippen molar-refractivity contribution in [3.05, 3.63) is 59.4 Å². The van der Waals surface area contributed by atoms with Gasteiger partial charge >= 0.3 is 0 Å². The minimum absolute atomic E-state index is 0.155. The highest BCUT2D eigenvalue weighted by Gasteiger charge is 2.16. The molecule has 0 radical (unpaired) electrons. The Bertz CT molecular complexity index is 920. The molecule has 7 heteroatoms. The van der Waals surface area contributed by atoms with E-state index in [1.807, 2.05) is 12.1 Å². The van der Waals surface area contributed by atoms with Gasteiger partial charge in [-0.2, -0.15) is 0 Å². The fraction of sp³-hybridized carbons (Fsp3) is 0.263. The molecule has 5 nitrogen and oxygen atoms in total. The van der Waals surface area contributed by atoms with E-state index < -0.39 is 0 Å². The molecule has 2 aromatic carbocycles. The Kier molecular flexibility index (Phi) is 4.81. The Morgan fingerprint density at radius 3 is 2.73 bits per heavy atom. The molecular weight excluding hydrogens is 353 g/mol. The van der Waals surface area contributed by atoms with Crippen LogP contribution in [0.15, 0.2) is 42.5 Å². The van der Waals surface area contributed by atoms with E-state index in [0.717, 1.165) is 34.0 Å². The molecule has 0 bridgehead atoms. The number of fused-ring (bicyclic) bond motifs is 1. The molecule has 0 unspecified atom stereocenters. The molecule has 1 aromatic heterocycles. The number of thiazole rings is 1. The standard InChI is InChI=1S/C19H18FN3O2S/c20-15-4-1-13(2-5-15)12-21-18(24)14-3-6-16-17(11-14)26-19(22-16)23-7-9-25-10-8-23/h1-6,11H,7-10,12H2,(H,21,24). The van der Waals surface area contributed by atoms with E-state index in [1.54, 1.807) is 29.5 Å². The van der Waals surface area contributed by atoms with Gasteiger partial charge < -0.3 is 15.0 Å². The van der Waals surface area contributed by atoms with E-state index in [1.165, 1.54) is 12.1 Å². The average Bonchev–Trinajstić information content (AvgIpc) is 3.11. The Labute approximate surface area is 154 Å². The zero-order valence-electron chi connectivity index (χ0n) is 14.1. The van der Waals surface area contributed by atoms with Crippen LogP contribution in [0.4, 0.5) is 9.52 Å². The van der Waals surface area contributed by atoms with Crippen molar-refractivity contribution in [3.8, 4) is 0 Å². The Morgan fingerprint density at radius 2 is 1.96 bits per heavy atom. The molecule has 4 rings (SSSR count). The molecule has 1 fully saturated rings. The van der Waals surface area contributed by atoms with Crippen LogP contribution in [-0.2, 0) is 11.3 Å². The minimum atomic E-state index is -0.285. The third kappa shape index (κ3) is 3.68. The van der Waals surface area contributed by atoms with Crippen molar-refractivity contribution in [1.29, 1.82) is 0 Å². The number of nitrogens with zero attached hydrogens (tertiary/aromatic N) is 2. The summed E-state index contributed by atoms with van der Waals surface area (Å²) in [5.74, 6) is -0.440. The molecule has 1 amide bonds. The first-order valence-electron chi connectivity index (χ1n) is 8.45. The fourth-order valence-electron chi connectivity index (χ4n) is 2.83. The van der Waals surface area contributed by atoms with Crippen molar-refractivity contribution in [1.82, 2.24) is 10.3 Å². The number of aromatic nitrogens is 1. The van der Waals surface area contributed by atoms with Gasteiger partial charge in [-0.3, -0.25) is 4.79 Å². The summed E-state index contributed by atoms with van der Waals surface area (Å²) in [6.07, 6.45) is 0. The van der Waals surface area contributed by atoms with Crippen LogP contribution in [0.25, 0.3) is 10.2 Å². The van der Waals surface area contributed by atoms with E-state index in [-0.39, 0.29) is 11.7 Å². The average molecular weight is 371 g/mol. The maximum atomic E-state index is 12.9. The van der Waals surface area contributed by atoms with Crippen LogP contribution in [-0.4, -0.2) is 37.2 Å². The second kappa shape index (κ2) is 7.39. The van der Waals surface area contributed by atoms with Crippen molar-refractivity contribution in [2.45, 2.75) is 6.54 Å². The summed E-state index contributed by atoms with van der Waals surface area (Å²) < 4.78 is 19.3. The summed E-state index contributed by atoms with van der Waals surface area (Å²) in [5.41, 5.74) is 2.34. The fourth-order valence-corrected chi connectivity index (χ4v) is 3.89. The van der Waals surface area contributed by atoms with Crippen LogP contribution in [0.5, 0.6) is 0 Å². The zero-order chi connectivity index (χ0) is 17.9. The largest absolute Gasteiger partial charge is 0.378 e.